The van der Waals surface area contributed by atoms with Gasteiger partial charge >= 0.3 is 0 Å². The summed E-state index contributed by atoms with van der Waals surface area (Å²) in [4.78, 5) is 16.2. The maximum Gasteiger partial charge on any atom is 0.251 e. The SMILES string of the molecule is O=C(NCCc1nc(-c2ccc(Cl)cc2)no1)c1cccc(F)c1. The number of rotatable bonds is 5. The van der Waals surface area contributed by atoms with Crippen LogP contribution < -0.4 is 5.32 Å². The lowest BCUT2D eigenvalue weighted by Gasteiger charge is -2.03. The van der Waals surface area contributed by atoms with Crippen molar-refractivity contribution in [2.45, 2.75) is 6.42 Å². The first-order valence-corrected chi connectivity index (χ1v) is 7.62. The Bertz CT molecular complexity index is 849. The number of benzene rings is 2. The summed E-state index contributed by atoms with van der Waals surface area (Å²) in [6.45, 7) is 0.303. The smallest absolute Gasteiger partial charge is 0.251 e. The molecular weight excluding hydrogens is 333 g/mol. The third-order valence-corrected chi connectivity index (χ3v) is 3.53. The minimum Gasteiger partial charge on any atom is -0.352 e. The van der Waals surface area contributed by atoms with Gasteiger partial charge in [0.25, 0.3) is 5.91 Å². The van der Waals surface area contributed by atoms with Gasteiger partial charge in [0, 0.05) is 29.1 Å². The second-order valence-electron chi connectivity index (χ2n) is 5.03. The van der Waals surface area contributed by atoms with E-state index in [0.29, 0.717) is 29.7 Å². The fourth-order valence-electron chi connectivity index (χ4n) is 2.09. The summed E-state index contributed by atoms with van der Waals surface area (Å²) in [6.07, 6.45) is 0.377. The van der Waals surface area contributed by atoms with Gasteiger partial charge in [-0.15, -0.1) is 0 Å². The van der Waals surface area contributed by atoms with Gasteiger partial charge in [-0.25, -0.2) is 4.39 Å². The van der Waals surface area contributed by atoms with E-state index in [9.17, 15) is 9.18 Å². The quantitative estimate of drug-likeness (QED) is 0.768. The molecule has 1 amide bonds. The zero-order chi connectivity index (χ0) is 16.9. The van der Waals surface area contributed by atoms with Crippen LogP contribution in [0.25, 0.3) is 11.4 Å². The molecule has 0 bridgehead atoms. The predicted molar refractivity (Wildman–Crippen MR) is 87.2 cm³/mol. The summed E-state index contributed by atoms with van der Waals surface area (Å²) in [7, 11) is 0. The Labute approximate surface area is 142 Å². The molecule has 122 valence electrons. The Morgan fingerprint density at radius 2 is 2.00 bits per heavy atom. The number of halogens is 2. The number of carbonyl (C=O) groups excluding carboxylic acids is 1. The molecule has 2 aromatic carbocycles. The van der Waals surface area contributed by atoms with Crippen LogP contribution in [0.15, 0.2) is 53.1 Å². The van der Waals surface area contributed by atoms with Crippen LogP contribution in [0.4, 0.5) is 4.39 Å². The summed E-state index contributed by atoms with van der Waals surface area (Å²) in [6, 6.07) is 12.6. The zero-order valence-electron chi connectivity index (χ0n) is 12.5. The molecule has 0 atom stereocenters. The van der Waals surface area contributed by atoms with Crippen LogP contribution in [0.3, 0.4) is 0 Å². The van der Waals surface area contributed by atoms with Gasteiger partial charge < -0.3 is 9.84 Å². The molecule has 24 heavy (non-hydrogen) atoms. The van der Waals surface area contributed by atoms with Gasteiger partial charge in [0.15, 0.2) is 0 Å². The highest BCUT2D eigenvalue weighted by Crippen LogP contribution is 2.18. The van der Waals surface area contributed by atoms with Gasteiger partial charge in [-0.3, -0.25) is 4.79 Å². The summed E-state index contributed by atoms with van der Waals surface area (Å²) in [5, 5.41) is 7.20. The minimum atomic E-state index is -0.452. The van der Waals surface area contributed by atoms with Crippen LogP contribution in [-0.2, 0) is 6.42 Å². The monoisotopic (exact) mass is 345 g/mol. The highest BCUT2D eigenvalue weighted by Gasteiger charge is 2.10. The third-order valence-electron chi connectivity index (χ3n) is 3.28. The summed E-state index contributed by atoms with van der Waals surface area (Å²) in [5.74, 6) is 0.0525. The van der Waals surface area contributed by atoms with E-state index >= 15 is 0 Å². The number of aromatic nitrogens is 2. The van der Waals surface area contributed by atoms with Crippen molar-refractivity contribution in [2.75, 3.05) is 6.54 Å². The highest BCUT2D eigenvalue weighted by atomic mass is 35.5. The number of hydrogen-bond donors (Lipinski definition) is 1. The van der Waals surface area contributed by atoms with Crippen molar-refractivity contribution in [1.29, 1.82) is 0 Å². The van der Waals surface area contributed by atoms with Crippen molar-refractivity contribution >= 4 is 17.5 Å². The molecule has 0 fully saturated rings. The van der Waals surface area contributed by atoms with Crippen molar-refractivity contribution in [3.8, 4) is 11.4 Å². The maximum absolute atomic E-state index is 13.1. The second-order valence-corrected chi connectivity index (χ2v) is 5.47. The molecule has 0 spiro atoms. The van der Waals surface area contributed by atoms with Crippen LogP contribution in [-0.4, -0.2) is 22.6 Å². The van der Waals surface area contributed by atoms with Crippen molar-refractivity contribution in [1.82, 2.24) is 15.5 Å². The van der Waals surface area contributed by atoms with Crippen LogP contribution in [0.1, 0.15) is 16.2 Å². The Morgan fingerprint density at radius 3 is 2.75 bits per heavy atom. The molecule has 0 radical (unpaired) electrons. The van der Waals surface area contributed by atoms with Crippen LogP contribution >= 0.6 is 11.6 Å². The molecule has 1 aromatic heterocycles. The average Bonchev–Trinajstić information content (AvgIpc) is 3.04. The normalized spacial score (nSPS) is 10.6. The third kappa shape index (κ3) is 3.97. The Morgan fingerprint density at radius 1 is 1.21 bits per heavy atom. The molecule has 3 rings (SSSR count). The number of nitrogens with one attached hydrogen (secondary N) is 1. The standard InChI is InChI=1S/C17H13ClFN3O2/c18-13-6-4-11(5-7-13)16-21-15(24-22-16)8-9-20-17(23)12-2-1-3-14(19)10-12/h1-7,10H,8-9H2,(H,20,23). The van der Waals surface area contributed by atoms with E-state index in [0.717, 1.165) is 5.56 Å². The molecule has 0 aliphatic heterocycles. The first-order chi connectivity index (χ1) is 11.6. The minimum absolute atomic E-state index is 0.266. The zero-order valence-corrected chi connectivity index (χ0v) is 13.3. The highest BCUT2D eigenvalue weighted by molar-refractivity contribution is 6.30. The van der Waals surface area contributed by atoms with Crippen LogP contribution in [0.5, 0.6) is 0 Å². The molecule has 0 aliphatic rings. The molecule has 0 unspecified atom stereocenters. The maximum atomic E-state index is 13.1. The van der Waals surface area contributed by atoms with Crippen LogP contribution in [0, 0.1) is 5.82 Å². The Hall–Kier alpha value is -2.73. The summed E-state index contributed by atoms with van der Waals surface area (Å²) >= 11 is 5.83. The van der Waals surface area contributed by atoms with Gasteiger partial charge in [0.2, 0.25) is 11.7 Å². The fourth-order valence-corrected chi connectivity index (χ4v) is 2.21. The van der Waals surface area contributed by atoms with Crippen LogP contribution in [0.2, 0.25) is 5.02 Å². The number of nitrogens with zero attached hydrogens (tertiary/aromatic N) is 2. The van der Waals surface area contributed by atoms with Crippen molar-refractivity contribution in [3.05, 3.63) is 70.8 Å². The molecule has 1 heterocycles. The van der Waals surface area contributed by atoms with Gasteiger partial charge in [-0.05, 0) is 42.5 Å². The lowest BCUT2D eigenvalue weighted by atomic mass is 10.2. The second kappa shape index (κ2) is 7.23. The number of carbonyl (C=O) groups is 1. The fraction of sp³-hybridized carbons (Fsp3) is 0.118. The van der Waals surface area contributed by atoms with Gasteiger partial charge in [0.1, 0.15) is 5.82 Å². The first-order valence-electron chi connectivity index (χ1n) is 7.24. The van der Waals surface area contributed by atoms with E-state index in [4.69, 9.17) is 16.1 Å². The van der Waals surface area contributed by atoms with E-state index in [1.165, 1.54) is 18.2 Å². The Kier molecular flexibility index (Phi) is 4.86. The van der Waals surface area contributed by atoms with Gasteiger partial charge in [-0.1, -0.05) is 22.8 Å². The van der Waals surface area contributed by atoms with E-state index < -0.39 is 5.82 Å². The van der Waals surface area contributed by atoms with E-state index in [1.807, 2.05) is 0 Å². The van der Waals surface area contributed by atoms with Gasteiger partial charge in [-0.2, -0.15) is 4.98 Å². The number of hydrogen-bond acceptors (Lipinski definition) is 4. The summed E-state index contributed by atoms with van der Waals surface area (Å²) < 4.78 is 18.2. The van der Waals surface area contributed by atoms with Gasteiger partial charge in [0.05, 0.1) is 0 Å². The molecule has 0 saturated carbocycles. The largest absolute Gasteiger partial charge is 0.352 e. The van der Waals surface area contributed by atoms with Crippen molar-refractivity contribution in [2.24, 2.45) is 0 Å². The summed E-state index contributed by atoms with van der Waals surface area (Å²) in [5.41, 5.74) is 1.06. The first kappa shape index (κ1) is 16.1. The predicted octanol–water partition coefficient (Wildman–Crippen LogP) is 3.50. The van der Waals surface area contributed by atoms with Crippen molar-refractivity contribution in [3.63, 3.8) is 0 Å². The van der Waals surface area contributed by atoms with E-state index in [1.54, 1.807) is 30.3 Å². The molecule has 3 aromatic rings. The lowest BCUT2D eigenvalue weighted by Crippen LogP contribution is -2.25. The lowest BCUT2D eigenvalue weighted by molar-refractivity contribution is 0.0953. The molecule has 1 N–H and O–H groups in total. The molecule has 7 heteroatoms. The molecule has 0 aliphatic carbocycles. The topological polar surface area (TPSA) is 68.0 Å². The molecule has 0 saturated heterocycles. The number of amides is 1. The molecule has 5 nitrogen and oxygen atoms in total. The molecular formula is C17H13ClFN3O2. The average molecular weight is 346 g/mol. The van der Waals surface area contributed by atoms with E-state index in [2.05, 4.69) is 15.5 Å². The van der Waals surface area contributed by atoms with Crippen molar-refractivity contribution < 1.29 is 13.7 Å². The van der Waals surface area contributed by atoms with E-state index in [-0.39, 0.29) is 11.5 Å². The Balaban J connectivity index is 1.56.